The lowest BCUT2D eigenvalue weighted by molar-refractivity contribution is -0.113. The van der Waals surface area contributed by atoms with Gasteiger partial charge in [0.25, 0.3) is 0 Å². The van der Waals surface area contributed by atoms with Gasteiger partial charge in [-0.2, -0.15) is 5.26 Å². The maximum atomic E-state index is 12.9. The second-order valence-corrected chi connectivity index (χ2v) is 8.62. The van der Waals surface area contributed by atoms with Crippen molar-refractivity contribution in [3.8, 4) is 6.07 Å². The average molecular weight is 425 g/mol. The lowest BCUT2D eigenvalue weighted by Crippen LogP contribution is -2.52. The number of allylic oxidation sites excluding steroid dienone is 1. The van der Waals surface area contributed by atoms with E-state index < -0.39 is 12.3 Å². The highest BCUT2D eigenvalue weighted by Gasteiger charge is 2.34. The Labute approximate surface area is 177 Å². The molecule has 0 aromatic carbocycles. The van der Waals surface area contributed by atoms with E-state index in [0.29, 0.717) is 24.8 Å². The first-order valence-corrected chi connectivity index (χ1v) is 10.6. The molecule has 4 rings (SSSR count). The molecule has 154 valence electrons. The first kappa shape index (κ1) is 20.2. The molecule has 2 aromatic heterocycles. The van der Waals surface area contributed by atoms with Crippen LogP contribution in [-0.2, 0) is 28.8 Å². The standard InChI is InChI=1S/C22H20FN3O3S/c23-15-12-26(13-15)22(28)29-17-5-6-18-19(10-24)20(30-21(18)9-17)8-16(27)4-3-14-2-1-7-25-11-14/h1-4,7,11,15,17H,5-6,8-9,12-13H2/b4-3+. The molecule has 2 aliphatic rings. The number of alkyl halides is 1. The van der Waals surface area contributed by atoms with Gasteiger partial charge in [0.1, 0.15) is 18.3 Å². The van der Waals surface area contributed by atoms with Crippen LogP contribution in [0.5, 0.6) is 0 Å². The number of fused-ring (bicyclic) bond motifs is 1. The highest BCUT2D eigenvalue weighted by atomic mass is 32.1. The average Bonchev–Trinajstić information content (AvgIpc) is 3.06. The Morgan fingerprint density at radius 2 is 2.27 bits per heavy atom. The number of carbonyl (C=O) groups excluding carboxylic acids is 2. The molecule has 1 unspecified atom stereocenters. The highest BCUT2D eigenvalue weighted by Crippen LogP contribution is 2.35. The van der Waals surface area contributed by atoms with Crippen LogP contribution in [0, 0.1) is 11.3 Å². The summed E-state index contributed by atoms with van der Waals surface area (Å²) in [4.78, 5) is 31.5. The van der Waals surface area contributed by atoms with E-state index in [1.54, 1.807) is 24.5 Å². The van der Waals surface area contributed by atoms with Crippen LogP contribution < -0.4 is 0 Å². The van der Waals surface area contributed by atoms with Crippen molar-refractivity contribution in [2.45, 2.75) is 38.0 Å². The molecule has 0 radical (unpaired) electrons. The van der Waals surface area contributed by atoms with Crippen molar-refractivity contribution < 1.29 is 18.7 Å². The van der Waals surface area contributed by atoms with E-state index in [1.807, 2.05) is 6.07 Å². The molecule has 0 saturated carbocycles. The predicted molar refractivity (Wildman–Crippen MR) is 110 cm³/mol. The van der Waals surface area contributed by atoms with Crippen molar-refractivity contribution in [3.63, 3.8) is 0 Å². The third-order valence-corrected chi connectivity index (χ3v) is 6.50. The molecule has 2 aromatic rings. The summed E-state index contributed by atoms with van der Waals surface area (Å²) >= 11 is 1.44. The van der Waals surface area contributed by atoms with E-state index in [1.165, 1.54) is 22.3 Å². The molecule has 6 nitrogen and oxygen atoms in total. The second-order valence-electron chi connectivity index (χ2n) is 7.43. The highest BCUT2D eigenvalue weighted by molar-refractivity contribution is 7.12. The fourth-order valence-electron chi connectivity index (χ4n) is 3.64. The smallest absolute Gasteiger partial charge is 0.410 e. The van der Waals surface area contributed by atoms with E-state index >= 15 is 0 Å². The zero-order valence-corrected chi connectivity index (χ0v) is 17.0. The Kier molecular flexibility index (Phi) is 5.91. The maximum absolute atomic E-state index is 12.9. The number of ether oxygens (including phenoxy) is 1. The number of likely N-dealkylation sites (tertiary alicyclic amines) is 1. The van der Waals surface area contributed by atoms with Crippen LogP contribution >= 0.6 is 11.3 Å². The van der Waals surface area contributed by atoms with Crippen LogP contribution in [0.4, 0.5) is 9.18 Å². The van der Waals surface area contributed by atoms with Gasteiger partial charge < -0.3 is 9.64 Å². The Balaban J connectivity index is 1.41. The lowest BCUT2D eigenvalue weighted by atomic mass is 9.92. The number of pyridine rings is 1. The molecule has 8 heteroatoms. The van der Waals surface area contributed by atoms with Crippen LogP contribution in [-0.4, -0.2) is 47.1 Å². The van der Waals surface area contributed by atoms with Crippen LogP contribution in [0.15, 0.2) is 30.6 Å². The van der Waals surface area contributed by atoms with Crippen LogP contribution in [0.3, 0.4) is 0 Å². The normalized spacial score (nSPS) is 18.5. The zero-order valence-electron chi connectivity index (χ0n) is 16.2. The lowest BCUT2D eigenvalue weighted by Gasteiger charge is -2.35. The molecular weight excluding hydrogens is 405 g/mol. The first-order valence-electron chi connectivity index (χ1n) is 9.77. The Morgan fingerprint density at radius 1 is 1.43 bits per heavy atom. The number of aromatic nitrogens is 1. The number of nitriles is 1. The van der Waals surface area contributed by atoms with Crippen molar-refractivity contribution in [3.05, 3.63) is 57.0 Å². The van der Waals surface area contributed by atoms with Crippen LogP contribution in [0.1, 0.15) is 32.9 Å². The second kappa shape index (κ2) is 8.76. The topological polar surface area (TPSA) is 83.3 Å². The predicted octanol–water partition coefficient (Wildman–Crippen LogP) is 3.49. The summed E-state index contributed by atoms with van der Waals surface area (Å²) in [5, 5.41) is 9.62. The fraction of sp³-hybridized carbons (Fsp3) is 0.364. The largest absolute Gasteiger partial charge is 0.446 e. The molecule has 1 aliphatic carbocycles. The van der Waals surface area contributed by atoms with Crippen molar-refractivity contribution in [1.29, 1.82) is 5.26 Å². The number of amides is 1. The number of hydrogen-bond donors (Lipinski definition) is 0. The van der Waals surface area contributed by atoms with Gasteiger partial charge in [-0.05, 0) is 42.2 Å². The minimum absolute atomic E-state index is 0.0875. The van der Waals surface area contributed by atoms with E-state index in [0.717, 1.165) is 20.9 Å². The van der Waals surface area contributed by atoms with E-state index in [2.05, 4.69) is 11.1 Å². The molecule has 0 spiro atoms. The summed E-state index contributed by atoms with van der Waals surface area (Å²) in [5.41, 5.74) is 2.37. The fourth-order valence-corrected chi connectivity index (χ4v) is 5.02. The molecule has 1 amide bonds. The summed E-state index contributed by atoms with van der Waals surface area (Å²) in [7, 11) is 0. The van der Waals surface area contributed by atoms with Gasteiger partial charge in [0.05, 0.1) is 18.7 Å². The number of thiophene rings is 1. The van der Waals surface area contributed by atoms with Gasteiger partial charge in [-0.25, -0.2) is 9.18 Å². The van der Waals surface area contributed by atoms with E-state index in [9.17, 15) is 19.2 Å². The Hall–Kier alpha value is -3.05. The van der Waals surface area contributed by atoms with Gasteiger partial charge in [0.15, 0.2) is 5.78 Å². The van der Waals surface area contributed by atoms with Gasteiger partial charge in [0, 0.05) is 35.0 Å². The van der Waals surface area contributed by atoms with Gasteiger partial charge in [0.2, 0.25) is 0 Å². The summed E-state index contributed by atoms with van der Waals surface area (Å²) in [6.45, 7) is 0.181. The molecular formula is C22H20FN3O3S. The van der Waals surface area contributed by atoms with E-state index in [-0.39, 0.29) is 31.4 Å². The Morgan fingerprint density at radius 3 is 2.97 bits per heavy atom. The summed E-state index contributed by atoms with van der Waals surface area (Å²) in [6, 6.07) is 5.90. The van der Waals surface area contributed by atoms with Gasteiger partial charge in [-0.1, -0.05) is 6.07 Å². The number of rotatable bonds is 5. The molecule has 1 fully saturated rings. The van der Waals surface area contributed by atoms with Crippen molar-refractivity contribution in [1.82, 2.24) is 9.88 Å². The molecule has 0 bridgehead atoms. The van der Waals surface area contributed by atoms with Gasteiger partial charge >= 0.3 is 6.09 Å². The third kappa shape index (κ3) is 4.41. The molecule has 0 N–H and O–H groups in total. The van der Waals surface area contributed by atoms with Crippen molar-refractivity contribution in [2.75, 3.05) is 13.1 Å². The monoisotopic (exact) mass is 425 g/mol. The summed E-state index contributed by atoms with van der Waals surface area (Å²) < 4.78 is 18.4. The quantitative estimate of drug-likeness (QED) is 0.685. The minimum atomic E-state index is -0.960. The molecule has 3 heterocycles. The van der Waals surface area contributed by atoms with Crippen molar-refractivity contribution >= 4 is 29.3 Å². The zero-order chi connectivity index (χ0) is 21.1. The van der Waals surface area contributed by atoms with Crippen molar-refractivity contribution in [2.24, 2.45) is 0 Å². The number of hydrogen-bond acceptors (Lipinski definition) is 6. The number of carbonyl (C=O) groups is 2. The first-order chi connectivity index (χ1) is 14.5. The van der Waals surface area contributed by atoms with Crippen LogP contribution in [0.25, 0.3) is 6.08 Å². The molecule has 1 saturated heterocycles. The van der Waals surface area contributed by atoms with Gasteiger partial charge in [-0.3, -0.25) is 9.78 Å². The van der Waals surface area contributed by atoms with E-state index in [4.69, 9.17) is 4.74 Å². The number of nitrogens with zero attached hydrogens (tertiary/aromatic N) is 3. The molecule has 1 atom stereocenters. The third-order valence-electron chi connectivity index (χ3n) is 5.25. The maximum Gasteiger partial charge on any atom is 0.410 e. The Bertz CT molecular complexity index is 1020. The molecule has 30 heavy (non-hydrogen) atoms. The minimum Gasteiger partial charge on any atom is -0.446 e. The summed E-state index contributed by atoms with van der Waals surface area (Å²) in [6.07, 6.45) is 6.74. The van der Waals surface area contributed by atoms with Crippen LogP contribution in [0.2, 0.25) is 0 Å². The number of halogens is 1. The van der Waals surface area contributed by atoms with Gasteiger partial charge in [-0.15, -0.1) is 11.3 Å². The summed E-state index contributed by atoms with van der Waals surface area (Å²) in [5.74, 6) is -0.0875. The molecule has 1 aliphatic heterocycles. The number of ketones is 1. The SMILES string of the molecule is N#Cc1c(CC(=O)/C=C/c2cccnc2)sc2c1CCC(OC(=O)N1CC(F)C1)C2.